The summed E-state index contributed by atoms with van der Waals surface area (Å²) in [6.45, 7) is -1.57. The third-order valence-electron chi connectivity index (χ3n) is 2.73. The number of H-pyrrole nitrogens is 1. The zero-order chi connectivity index (χ0) is 16.7. The minimum absolute atomic E-state index is 0.0420. The van der Waals surface area contributed by atoms with Crippen LogP contribution in [0.2, 0.25) is 0 Å². The van der Waals surface area contributed by atoms with Gasteiger partial charge in [0.2, 0.25) is 17.5 Å². The van der Waals surface area contributed by atoms with Crippen LogP contribution in [-0.4, -0.2) is 57.3 Å². The minimum Gasteiger partial charge on any atom is -0.481 e. The molecule has 22 heavy (non-hydrogen) atoms. The van der Waals surface area contributed by atoms with Crippen molar-refractivity contribution in [3.05, 3.63) is 18.2 Å². The molecular formula is C12H15FN4O5. The highest BCUT2D eigenvalue weighted by Crippen LogP contribution is 2.01. The first-order valence-corrected chi connectivity index (χ1v) is 6.23. The summed E-state index contributed by atoms with van der Waals surface area (Å²) < 4.78 is 12.2. The average Bonchev–Trinajstić information content (AvgIpc) is 2.97. The molecule has 0 aliphatic carbocycles. The molecule has 1 aromatic rings. The van der Waals surface area contributed by atoms with Crippen molar-refractivity contribution in [2.24, 2.45) is 5.73 Å². The first-order valence-electron chi connectivity index (χ1n) is 6.23. The van der Waals surface area contributed by atoms with Crippen LogP contribution in [0.4, 0.5) is 4.39 Å². The predicted octanol–water partition coefficient (Wildman–Crippen LogP) is -1.65. The summed E-state index contributed by atoms with van der Waals surface area (Å²) in [5, 5.41) is 10.7. The number of alkyl halides is 1. The van der Waals surface area contributed by atoms with Gasteiger partial charge in [0.25, 0.3) is 0 Å². The molecule has 0 saturated carbocycles. The molecule has 1 amide bonds. The molecule has 2 atom stereocenters. The van der Waals surface area contributed by atoms with Crippen molar-refractivity contribution >= 4 is 23.4 Å². The van der Waals surface area contributed by atoms with Gasteiger partial charge in [0.15, 0.2) is 6.67 Å². The molecule has 0 bridgehead atoms. The monoisotopic (exact) mass is 314 g/mol. The number of ketones is 2. The maximum Gasteiger partial charge on any atom is 0.305 e. The summed E-state index contributed by atoms with van der Waals surface area (Å²) in [5.41, 5.74) is 6.10. The number of carbonyl (C=O) groups is 4. The van der Waals surface area contributed by atoms with Crippen molar-refractivity contribution in [3.63, 3.8) is 0 Å². The second-order valence-electron chi connectivity index (χ2n) is 4.45. The molecule has 0 aromatic carbocycles. The van der Waals surface area contributed by atoms with Gasteiger partial charge in [-0.3, -0.25) is 19.2 Å². The maximum absolute atomic E-state index is 12.2. The molecule has 9 nitrogen and oxygen atoms in total. The van der Waals surface area contributed by atoms with Crippen LogP contribution in [0.15, 0.2) is 12.5 Å². The van der Waals surface area contributed by atoms with Gasteiger partial charge in [0.05, 0.1) is 24.5 Å². The Morgan fingerprint density at radius 2 is 2.09 bits per heavy atom. The van der Waals surface area contributed by atoms with Gasteiger partial charge in [0, 0.05) is 12.6 Å². The van der Waals surface area contributed by atoms with Gasteiger partial charge in [-0.15, -0.1) is 0 Å². The molecule has 1 aromatic heterocycles. The number of amides is 1. The van der Waals surface area contributed by atoms with Gasteiger partial charge >= 0.3 is 5.97 Å². The van der Waals surface area contributed by atoms with Gasteiger partial charge in [-0.1, -0.05) is 0 Å². The average molecular weight is 314 g/mol. The number of carbonyl (C=O) groups excluding carboxylic acids is 3. The summed E-state index contributed by atoms with van der Waals surface area (Å²) >= 11 is 0. The lowest BCUT2D eigenvalue weighted by Crippen LogP contribution is -2.51. The van der Waals surface area contributed by atoms with Crippen LogP contribution in [0, 0.1) is 0 Å². The number of rotatable bonds is 9. The number of nitrogens with zero attached hydrogens (tertiary/aromatic N) is 1. The number of aromatic nitrogens is 2. The van der Waals surface area contributed by atoms with Crippen LogP contribution in [-0.2, 0) is 25.6 Å². The second-order valence-corrected chi connectivity index (χ2v) is 4.45. The molecule has 0 aliphatic heterocycles. The number of Topliss-reactive ketones (excluding diaryl/α,β-unsaturated/α-hetero) is 2. The van der Waals surface area contributed by atoms with E-state index in [1.807, 2.05) is 0 Å². The number of aliphatic carboxylic acids is 1. The molecule has 0 aliphatic rings. The smallest absolute Gasteiger partial charge is 0.305 e. The number of hydrogen-bond donors (Lipinski definition) is 4. The van der Waals surface area contributed by atoms with Crippen LogP contribution in [0.1, 0.15) is 12.1 Å². The molecular weight excluding hydrogens is 299 g/mol. The first-order chi connectivity index (χ1) is 10.3. The zero-order valence-corrected chi connectivity index (χ0v) is 11.4. The van der Waals surface area contributed by atoms with E-state index in [1.54, 1.807) is 0 Å². The Bertz CT molecular complexity index is 560. The number of hydrogen-bond acceptors (Lipinski definition) is 6. The van der Waals surface area contributed by atoms with Gasteiger partial charge in [0.1, 0.15) is 6.04 Å². The fourth-order valence-electron chi connectivity index (χ4n) is 1.64. The van der Waals surface area contributed by atoms with Gasteiger partial charge in [-0.25, -0.2) is 9.37 Å². The van der Waals surface area contributed by atoms with Crippen LogP contribution >= 0.6 is 0 Å². The summed E-state index contributed by atoms with van der Waals surface area (Å²) in [5.74, 6) is -4.99. The van der Waals surface area contributed by atoms with Crippen molar-refractivity contribution in [2.75, 3.05) is 6.67 Å². The maximum atomic E-state index is 12.2. The van der Waals surface area contributed by atoms with E-state index in [-0.39, 0.29) is 6.42 Å². The molecule has 0 fully saturated rings. The van der Waals surface area contributed by atoms with E-state index in [2.05, 4.69) is 15.3 Å². The lowest BCUT2D eigenvalue weighted by molar-refractivity contribution is -0.143. The zero-order valence-electron chi connectivity index (χ0n) is 11.4. The lowest BCUT2D eigenvalue weighted by atomic mass is 10.0. The Balaban J connectivity index is 2.71. The summed E-state index contributed by atoms with van der Waals surface area (Å²) in [6.07, 6.45) is 2.10. The second kappa shape index (κ2) is 7.98. The number of halogens is 1. The lowest BCUT2D eigenvalue weighted by Gasteiger charge is -2.17. The highest BCUT2D eigenvalue weighted by molar-refractivity contribution is 6.40. The molecule has 10 heteroatoms. The molecule has 0 saturated heterocycles. The third-order valence-corrected chi connectivity index (χ3v) is 2.73. The van der Waals surface area contributed by atoms with E-state index in [1.165, 1.54) is 12.5 Å². The number of imidazole rings is 1. The van der Waals surface area contributed by atoms with E-state index >= 15 is 0 Å². The van der Waals surface area contributed by atoms with Crippen LogP contribution < -0.4 is 11.1 Å². The standard InChI is InChI=1S/C12H15FN4O5/c13-3-9(18)11(21)8(2-10(19)20)17-12(22)7(14)1-6-4-15-5-16-6/h4-5,7-8H,1-3,14H2,(H,15,16)(H,17,22)(H,19,20)/t7-,8-/m0/s1. The Kier molecular flexibility index (Phi) is 6.32. The van der Waals surface area contributed by atoms with Gasteiger partial charge < -0.3 is 21.1 Å². The number of aromatic amines is 1. The van der Waals surface area contributed by atoms with Crippen LogP contribution in [0.3, 0.4) is 0 Å². The normalized spacial score (nSPS) is 13.2. The molecule has 0 spiro atoms. The van der Waals surface area contributed by atoms with E-state index in [0.717, 1.165) is 0 Å². The Labute approximate surface area is 124 Å². The van der Waals surface area contributed by atoms with Crippen LogP contribution in [0.5, 0.6) is 0 Å². The Hall–Kier alpha value is -2.62. The Morgan fingerprint density at radius 3 is 2.59 bits per heavy atom. The Morgan fingerprint density at radius 1 is 1.41 bits per heavy atom. The van der Waals surface area contributed by atoms with Crippen molar-refractivity contribution in [1.82, 2.24) is 15.3 Å². The third kappa shape index (κ3) is 5.05. The van der Waals surface area contributed by atoms with Crippen molar-refractivity contribution in [1.29, 1.82) is 0 Å². The molecule has 5 N–H and O–H groups in total. The van der Waals surface area contributed by atoms with Gasteiger partial charge in [-0.05, 0) is 0 Å². The van der Waals surface area contributed by atoms with Crippen molar-refractivity contribution in [2.45, 2.75) is 24.9 Å². The summed E-state index contributed by atoms with van der Waals surface area (Å²) in [7, 11) is 0. The van der Waals surface area contributed by atoms with Crippen molar-refractivity contribution in [3.8, 4) is 0 Å². The summed E-state index contributed by atoms with van der Waals surface area (Å²) in [4.78, 5) is 51.6. The molecule has 0 radical (unpaired) electrons. The van der Waals surface area contributed by atoms with E-state index in [9.17, 15) is 23.6 Å². The topological polar surface area (TPSA) is 155 Å². The number of nitrogens with two attached hydrogens (primary N) is 1. The first kappa shape index (κ1) is 17.4. The molecule has 1 rings (SSSR count). The number of carboxylic acid groups (broad SMARTS) is 1. The largest absolute Gasteiger partial charge is 0.481 e. The van der Waals surface area contributed by atoms with E-state index < -0.39 is 48.6 Å². The van der Waals surface area contributed by atoms with Gasteiger partial charge in [-0.2, -0.15) is 0 Å². The van der Waals surface area contributed by atoms with E-state index in [4.69, 9.17) is 10.8 Å². The SMILES string of the molecule is N[C@@H](Cc1c[nH]cn1)C(=O)N[C@@H](CC(=O)O)C(=O)C(=O)CF. The predicted molar refractivity (Wildman–Crippen MR) is 70.4 cm³/mol. The highest BCUT2D eigenvalue weighted by Gasteiger charge is 2.30. The minimum atomic E-state index is -1.65. The fraction of sp³-hybridized carbons (Fsp3) is 0.417. The molecule has 120 valence electrons. The molecule has 0 unspecified atom stereocenters. The quantitative estimate of drug-likeness (QED) is 0.398. The molecule has 1 heterocycles. The highest BCUT2D eigenvalue weighted by atomic mass is 19.1. The fourth-order valence-corrected chi connectivity index (χ4v) is 1.64. The number of carboxylic acids is 1. The summed E-state index contributed by atoms with van der Waals surface area (Å²) in [6, 6.07) is -2.76. The van der Waals surface area contributed by atoms with Crippen LogP contribution in [0.25, 0.3) is 0 Å². The van der Waals surface area contributed by atoms with Crippen molar-refractivity contribution < 1.29 is 28.7 Å². The van der Waals surface area contributed by atoms with E-state index in [0.29, 0.717) is 5.69 Å². The number of nitrogens with one attached hydrogen (secondary N) is 2.